The van der Waals surface area contributed by atoms with Gasteiger partial charge in [-0.05, 0) is 32.0 Å². The summed E-state index contributed by atoms with van der Waals surface area (Å²) in [6, 6.07) is 9.07. The molecule has 0 fully saturated rings. The van der Waals surface area contributed by atoms with Crippen molar-refractivity contribution in [2.75, 3.05) is 13.2 Å². The van der Waals surface area contributed by atoms with Crippen molar-refractivity contribution < 1.29 is 27.0 Å². The highest BCUT2D eigenvalue weighted by atomic mass is 32.2. The van der Waals surface area contributed by atoms with Gasteiger partial charge in [-0.25, -0.2) is 0 Å². The molecule has 0 radical (unpaired) electrons. The Kier molecular flexibility index (Phi) is 4.84. The van der Waals surface area contributed by atoms with Crippen LogP contribution in [0.3, 0.4) is 0 Å². The monoisotopic (exact) mass is 379 g/mol. The fraction of sp³-hybridized carbons (Fsp3) is 0.294. The number of hydrogen-bond acceptors (Lipinski definition) is 7. The maximum atomic E-state index is 12.2. The summed E-state index contributed by atoms with van der Waals surface area (Å²) in [7, 11) is -3.93. The lowest BCUT2D eigenvalue weighted by atomic mass is 10.1. The van der Waals surface area contributed by atoms with Crippen LogP contribution < -0.4 is 9.47 Å². The number of ether oxygens (including phenoxy) is 2. The third-order valence-electron chi connectivity index (χ3n) is 3.90. The van der Waals surface area contributed by atoms with Crippen molar-refractivity contribution in [3.63, 3.8) is 0 Å². The highest BCUT2D eigenvalue weighted by Crippen LogP contribution is 2.37. The molecule has 8 nitrogen and oxygen atoms in total. The van der Waals surface area contributed by atoms with Gasteiger partial charge in [0, 0.05) is 5.56 Å². The first-order valence-electron chi connectivity index (χ1n) is 7.81. The van der Waals surface area contributed by atoms with E-state index in [2.05, 4.69) is 0 Å². The van der Waals surface area contributed by atoms with Crippen molar-refractivity contribution in [3.05, 3.63) is 57.6 Å². The fourth-order valence-corrected chi connectivity index (χ4v) is 3.41. The summed E-state index contributed by atoms with van der Waals surface area (Å²) < 4.78 is 40.6. The van der Waals surface area contributed by atoms with Gasteiger partial charge in [-0.15, -0.1) is 0 Å². The third-order valence-corrected chi connectivity index (χ3v) is 5.19. The molecule has 0 N–H and O–H groups in total. The lowest BCUT2D eigenvalue weighted by Gasteiger charge is -2.26. The quantitative estimate of drug-likeness (QED) is 0.447. The number of rotatable bonds is 5. The van der Waals surface area contributed by atoms with Crippen LogP contribution in [0, 0.1) is 24.0 Å². The number of nitro groups is 1. The average Bonchev–Trinajstić information content (AvgIpc) is 2.59. The van der Waals surface area contributed by atoms with E-state index in [0.717, 1.165) is 5.56 Å². The molecular weight excluding hydrogens is 362 g/mol. The minimum absolute atomic E-state index is 0.0477. The number of benzene rings is 2. The fourth-order valence-electron chi connectivity index (χ4n) is 2.47. The van der Waals surface area contributed by atoms with Crippen molar-refractivity contribution >= 4 is 15.8 Å². The molecule has 1 atom stereocenters. The average molecular weight is 379 g/mol. The van der Waals surface area contributed by atoms with E-state index in [4.69, 9.17) is 13.7 Å². The Hall–Kier alpha value is -2.65. The first-order valence-corrected chi connectivity index (χ1v) is 9.21. The standard InChI is InChI=1S/C17H17NO7S/c1-11-3-5-14(6-4-11)26(21,22)24-10-13-9-23-16-7-12(2)15(18(19)20)8-17(16)25-13/h3-8,13H,9-10H2,1-2H3/t13-/m1/s1. The molecule has 0 aliphatic carbocycles. The molecular formula is C17H17NO7S. The summed E-state index contributed by atoms with van der Waals surface area (Å²) in [5.41, 5.74) is 1.29. The highest BCUT2D eigenvalue weighted by molar-refractivity contribution is 7.86. The van der Waals surface area contributed by atoms with Gasteiger partial charge in [-0.2, -0.15) is 8.42 Å². The molecule has 0 aromatic heterocycles. The van der Waals surface area contributed by atoms with E-state index in [1.165, 1.54) is 24.3 Å². The number of nitrogens with zero attached hydrogens (tertiary/aromatic N) is 1. The zero-order valence-electron chi connectivity index (χ0n) is 14.2. The van der Waals surface area contributed by atoms with Gasteiger partial charge in [0.25, 0.3) is 15.8 Å². The Balaban J connectivity index is 1.70. The number of aryl methyl sites for hydroxylation is 2. The normalized spacial score (nSPS) is 16.3. The molecule has 0 spiro atoms. The predicted molar refractivity (Wildman–Crippen MR) is 92.1 cm³/mol. The van der Waals surface area contributed by atoms with E-state index >= 15 is 0 Å². The van der Waals surface area contributed by atoms with Gasteiger partial charge in [-0.1, -0.05) is 17.7 Å². The van der Waals surface area contributed by atoms with Gasteiger partial charge in [0.05, 0.1) is 15.9 Å². The van der Waals surface area contributed by atoms with Crippen LogP contribution in [0.4, 0.5) is 5.69 Å². The number of hydrogen-bond donors (Lipinski definition) is 0. The van der Waals surface area contributed by atoms with Crippen molar-refractivity contribution in [1.29, 1.82) is 0 Å². The first kappa shape index (κ1) is 18.2. The maximum absolute atomic E-state index is 12.2. The molecule has 1 aliphatic heterocycles. The van der Waals surface area contributed by atoms with E-state index in [1.807, 2.05) is 6.92 Å². The van der Waals surface area contributed by atoms with Crippen LogP contribution in [0.1, 0.15) is 11.1 Å². The molecule has 0 unspecified atom stereocenters. The van der Waals surface area contributed by atoms with E-state index in [9.17, 15) is 18.5 Å². The minimum atomic E-state index is -3.93. The second kappa shape index (κ2) is 6.93. The zero-order valence-corrected chi connectivity index (χ0v) is 15.0. The molecule has 138 valence electrons. The molecule has 2 aromatic rings. The Morgan fingerprint density at radius 2 is 1.88 bits per heavy atom. The smallest absolute Gasteiger partial charge is 0.297 e. The van der Waals surface area contributed by atoms with Crippen LogP contribution >= 0.6 is 0 Å². The van der Waals surface area contributed by atoms with Crippen molar-refractivity contribution in [2.24, 2.45) is 0 Å². The molecule has 0 amide bonds. The molecule has 3 rings (SSSR count). The Labute approximate surface area is 150 Å². The van der Waals surface area contributed by atoms with E-state index in [0.29, 0.717) is 11.3 Å². The molecule has 26 heavy (non-hydrogen) atoms. The van der Waals surface area contributed by atoms with Gasteiger partial charge in [0.2, 0.25) is 0 Å². The molecule has 1 heterocycles. The van der Waals surface area contributed by atoms with Crippen molar-refractivity contribution in [3.8, 4) is 11.5 Å². The topological polar surface area (TPSA) is 105 Å². The van der Waals surface area contributed by atoms with E-state index in [-0.39, 0.29) is 29.5 Å². The van der Waals surface area contributed by atoms with Crippen LogP contribution in [0.5, 0.6) is 11.5 Å². The van der Waals surface area contributed by atoms with Gasteiger partial charge in [0.15, 0.2) is 17.6 Å². The van der Waals surface area contributed by atoms with Gasteiger partial charge < -0.3 is 9.47 Å². The van der Waals surface area contributed by atoms with E-state index in [1.54, 1.807) is 19.1 Å². The summed E-state index contributed by atoms with van der Waals surface area (Å²) in [5, 5.41) is 11.0. The van der Waals surface area contributed by atoms with Gasteiger partial charge in [-0.3, -0.25) is 14.3 Å². The number of nitro benzene ring substituents is 1. The predicted octanol–water partition coefficient (Wildman–Crippen LogP) is 2.76. The molecule has 0 bridgehead atoms. The third kappa shape index (κ3) is 3.78. The molecule has 0 saturated heterocycles. The van der Waals surface area contributed by atoms with E-state index < -0.39 is 21.1 Å². The maximum Gasteiger partial charge on any atom is 0.297 e. The Morgan fingerprint density at radius 1 is 1.19 bits per heavy atom. The SMILES string of the molecule is Cc1ccc(S(=O)(=O)OC[C@H]2COc3cc(C)c([N+](=O)[O-])cc3O2)cc1. The van der Waals surface area contributed by atoms with Crippen LogP contribution in [0.15, 0.2) is 41.3 Å². The molecule has 2 aromatic carbocycles. The van der Waals surface area contributed by atoms with Gasteiger partial charge in [0.1, 0.15) is 13.2 Å². The van der Waals surface area contributed by atoms with Crippen LogP contribution in [0.25, 0.3) is 0 Å². The summed E-state index contributed by atoms with van der Waals surface area (Å²) >= 11 is 0. The number of fused-ring (bicyclic) bond motifs is 1. The molecule has 0 saturated carbocycles. The highest BCUT2D eigenvalue weighted by Gasteiger charge is 2.27. The van der Waals surface area contributed by atoms with Gasteiger partial charge >= 0.3 is 0 Å². The summed E-state index contributed by atoms with van der Waals surface area (Å²) in [4.78, 5) is 10.6. The summed E-state index contributed by atoms with van der Waals surface area (Å²) in [6.45, 7) is 3.26. The second-order valence-corrected chi connectivity index (χ2v) is 7.56. The lowest BCUT2D eigenvalue weighted by Crippen LogP contribution is -2.34. The Bertz CT molecular complexity index is 938. The summed E-state index contributed by atoms with van der Waals surface area (Å²) in [6.07, 6.45) is -0.704. The van der Waals surface area contributed by atoms with Crippen molar-refractivity contribution in [1.82, 2.24) is 0 Å². The van der Waals surface area contributed by atoms with Crippen LogP contribution in [-0.2, 0) is 14.3 Å². The summed E-state index contributed by atoms with van der Waals surface area (Å²) in [5.74, 6) is 0.570. The Morgan fingerprint density at radius 3 is 2.54 bits per heavy atom. The lowest BCUT2D eigenvalue weighted by molar-refractivity contribution is -0.385. The zero-order chi connectivity index (χ0) is 18.9. The largest absolute Gasteiger partial charge is 0.486 e. The molecule has 1 aliphatic rings. The van der Waals surface area contributed by atoms with Crippen LogP contribution in [-0.4, -0.2) is 32.7 Å². The minimum Gasteiger partial charge on any atom is -0.486 e. The first-order chi connectivity index (χ1) is 12.3. The molecule has 9 heteroatoms. The second-order valence-electron chi connectivity index (χ2n) is 5.95. The van der Waals surface area contributed by atoms with Crippen LogP contribution in [0.2, 0.25) is 0 Å². The van der Waals surface area contributed by atoms with Crippen molar-refractivity contribution in [2.45, 2.75) is 24.8 Å².